The molecule has 0 atom stereocenters. The van der Waals surface area contributed by atoms with Crippen molar-refractivity contribution in [1.82, 2.24) is 19.1 Å². The molecule has 0 unspecified atom stereocenters. The molecule has 2 heterocycles. The first kappa shape index (κ1) is 15.0. The first-order valence-electron chi connectivity index (χ1n) is 7.21. The monoisotopic (exact) mass is 322 g/mol. The summed E-state index contributed by atoms with van der Waals surface area (Å²) in [5, 5.41) is 2.73. The number of aromatic amines is 1. The zero-order valence-corrected chi connectivity index (χ0v) is 13.1. The Kier molecular flexibility index (Phi) is 3.88. The van der Waals surface area contributed by atoms with Gasteiger partial charge in [0.1, 0.15) is 4.90 Å². The lowest BCUT2D eigenvalue weighted by molar-refractivity contribution is 0.373. The van der Waals surface area contributed by atoms with E-state index in [1.54, 1.807) is 7.05 Å². The van der Waals surface area contributed by atoms with Gasteiger partial charge in [-0.2, -0.15) is 4.31 Å². The third-order valence-electron chi connectivity index (χ3n) is 4.12. The van der Waals surface area contributed by atoms with Crippen molar-refractivity contribution >= 4 is 10.0 Å². The van der Waals surface area contributed by atoms with Gasteiger partial charge in [0.2, 0.25) is 10.0 Å². The average molecular weight is 322 g/mol. The maximum absolute atomic E-state index is 12.6. The van der Waals surface area contributed by atoms with E-state index in [0.717, 1.165) is 25.7 Å². The van der Waals surface area contributed by atoms with Crippen LogP contribution < -0.4 is 5.56 Å². The van der Waals surface area contributed by atoms with E-state index in [1.165, 1.54) is 39.6 Å². The van der Waals surface area contributed by atoms with Crippen LogP contribution in [0.3, 0.4) is 0 Å². The van der Waals surface area contributed by atoms with Crippen LogP contribution >= 0.6 is 0 Å². The molecular weight excluding hydrogens is 304 g/mol. The number of nitrogens with zero attached hydrogens (tertiary/aromatic N) is 3. The molecule has 0 spiro atoms. The molecule has 3 rings (SSSR count). The lowest BCUT2D eigenvalue weighted by Crippen LogP contribution is -2.35. The van der Waals surface area contributed by atoms with Crippen LogP contribution in [0, 0.1) is 0 Å². The highest BCUT2D eigenvalue weighted by atomic mass is 32.2. The van der Waals surface area contributed by atoms with Crippen LogP contribution in [0.15, 0.2) is 40.3 Å². The van der Waals surface area contributed by atoms with Crippen molar-refractivity contribution < 1.29 is 8.42 Å². The van der Waals surface area contributed by atoms with Crippen molar-refractivity contribution in [2.75, 3.05) is 7.05 Å². The molecule has 0 aliphatic heterocycles. The standard InChI is InChI=1S/C14H18N4O3S/c1-17(11-4-2-3-5-11)22(20,21)12-6-7-13(15-10-12)18-14(19)8-9-16-18/h6-11,16H,2-5H2,1H3. The van der Waals surface area contributed by atoms with Crippen molar-refractivity contribution in [2.24, 2.45) is 0 Å². The second-order valence-corrected chi connectivity index (χ2v) is 7.45. The Morgan fingerprint density at radius 3 is 2.55 bits per heavy atom. The van der Waals surface area contributed by atoms with E-state index in [2.05, 4.69) is 10.1 Å². The molecule has 1 aliphatic rings. The zero-order valence-electron chi connectivity index (χ0n) is 12.3. The zero-order chi connectivity index (χ0) is 15.7. The molecule has 1 N–H and O–H groups in total. The van der Waals surface area contributed by atoms with Crippen LogP contribution in [0.5, 0.6) is 0 Å². The van der Waals surface area contributed by atoms with Crippen molar-refractivity contribution in [3.63, 3.8) is 0 Å². The Labute approximate surface area is 128 Å². The number of nitrogens with one attached hydrogen (secondary N) is 1. The summed E-state index contributed by atoms with van der Waals surface area (Å²) in [6.45, 7) is 0. The highest BCUT2D eigenvalue weighted by Crippen LogP contribution is 2.27. The predicted octanol–water partition coefficient (Wildman–Crippen LogP) is 1.12. The van der Waals surface area contributed by atoms with Gasteiger partial charge in [-0.25, -0.2) is 18.1 Å². The van der Waals surface area contributed by atoms with Crippen molar-refractivity contribution in [3.05, 3.63) is 40.9 Å². The molecule has 2 aromatic heterocycles. The number of aromatic nitrogens is 3. The number of rotatable bonds is 4. The van der Waals surface area contributed by atoms with Crippen molar-refractivity contribution in [3.8, 4) is 5.82 Å². The molecule has 2 aromatic rings. The summed E-state index contributed by atoms with van der Waals surface area (Å²) in [7, 11) is -1.93. The van der Waals surface area contributed by atoms with E-state index < -0.39 is 10.0 Å². The van der Waals surface area contributed by atoms with Gasteiger partial charge >= 0.3 is 0 Å². The molecule has 8 heteroatoms. The Morgan fingerprint density at radius 1 is 1.27 bits per heavy atom. The van der Waals surface area contributed by atoms with Gasteiger partial charge in [-0.1, -0.05) is 12.8 Å². The minimum atomic E-state index is -3.54. The molecule has 118 valence electrons. The average Bonchev–Trinajstić information content (AvgIpc) is 3.18. The Bertz CT molecular complexity index is 801. The lowest BCUT2D eigenvalue weighted by atomic mass is 10.3. The molecule has 0 bridgehead atoms. The molecule has 0 saturated heterocycles. The fourth-order valence-electron chi connectivity index (χ4n) is 2.79. The number of sulfonamides is 1. The van der Waals surface area contributed by atoms with Gasteiger partial charge in [0.15, 0.2) is 5.82 Å². The van der Waals surface area contributed by atoms with Crippen LogP contribution in [-0.4, -0.2) is 40.6 Å². The summed E-state index contributed by atoms with van der Waals surface area (Å²) in [5.74, 6) is 0.359. The lowest BCUT2D eigenvalue weighted by Gasteiger charge is -2.23. The van der Waals surface area contributed by atoms with Crippen molar-refractivity contribution in [1.29, 1.82) is 0 Å². The molecule has 1 saturated carbocycles. The Hall–Kier alpha value is -1.93. The van der Waals surface area contributed by atoms with Crippen LogP contribution in [0.4, 0.5) is 0 Å². The molecule has 7 nitrogen and oxygen atoms in total. The van der Waals surface area contributed by atoms with E-state index in [4.69, 9.17) is 0 Å². The van der Waals surface area contributed by atoms with Crippen LogP contribution in [0.2, 0.25) is 0 Å². The van der Waals surface area contributed by atoms with Gasteiger partial charge in [-0.15, -0.1) is 0 Å². The largest absolute Gasteiger partial charge is 0.297 e. The maximum atomic E-state index is 12.6. The molecule has 0 radical (unpaired) electrons. The maximum Gasteiger partial charge on any atom is 0.272 e. The Balaban J connectivity index is 1.88. The van der Waals surface area contributed by atoms with Gasteiger partial charge in [0.05, 0.1) is 0 Å². The van der Waals surface area contributed by atoms with Gasteiger partial charge < -0.3 is 0 Å². The van der Waals surface area contributed by atoms with E-state index in [1.807, 2.05) is 0 Å². The molecule has 1 aliphatic carbocycles. The molecular formula is C14H18N4O3S. The minimum absolute atomic E-state index is 0.0655. The quantitative estimate of drug-likeness (QED) is 0.914. The van der Waals surface area contributed by atoms with Crippen LogP contribution in [-0.2, 0) is 10.0 Å². The summed E-state index contributed by atoms with van der Waals surface area (Å²) in [6.07, 6.45) is 6.74. The summed E-state index contributed by atoms with van der Waals surface area (Å²) in [4.78, 5) is 15.8. The van der Waals surface area contributed by atoms with Gasteiger partial charge in [0.25, 0.3) is 5.56 Å². The van der Waals surface area contributed by atoms with Crippen LogP contribution in [0.25, 0.3) is 5.82 Å². The third kappa shape index (κ3) is 2.59. The number of hydrogen-bond acceptors (Lipinski definition) is 4. The Morgan fingerprint density at radius 2 is 2.00 bits per heavy atom. The van der Waals surface area contributed by atoms with Gasteiger partial charge in [-0.3, -0.25) is 9.89 Å². The molecule has 0 amide bonds. The number of hydrogen-bond donors (Lipinski definition) is 1. The second kappa shape index (κ2) is 5.69. The van der Waals surface area contributed by atoms with E-state index in [-0.39, 0.29) is 16.5 Å². The summed E-state index contributed by atoms with van der Waals surface area (Å²) in [6, 6.07) is 4.44. The molecule has 0 aromatic carbocycles. The van der Waals surface area contributed by atoms with Crippen LogP contribution in [0.1, 0.15) is 25.7 Å². The molecule has 22 heavy (non-hydrogen) atoms. The fourth-order valence-corrected chi connectivity index (χ4v) is 4.15. The van der Waals surface area contributed by atoms with Gasteiger partial charge in [0, 0.05) is 31.5 Å². The minimum Gasteiger partial charge on any atom is -0.297 e. The highest BCUT2D eigenvalue weighted by molar-refractivity contribution is 7.89. The van der Waals surface area contributed by atoms with Crippen molar-refractivity contribution in [2.45, 2.75) is 36.6 Å². The SMILES string of the molecule is CN(C1CCCC1)S(=O)(=O)c1ccc(-n2[nH]ccc2=O)nc1. The first-order chi connectivity index (χ1) is 10.5. The predicted molar refractivity (Wildman–Crippen MR) is 81.4 cm³/mol. The number of H-pyrrole nitrogens is 1. The number of pyridine rings is 1. The summed E-state index contributed by atoms with van der Waals surface area (Å²) in [5.41, 5.74) is -0.244. The topological polar surface area (TPSA) is 88.1 Å². The van der Waals surface area contributed by atoms with E-state index in [0.29, 0.717) is 5.82 Å². The van der Waals surface area contributed by atoms with E-state index >= 15 is 0 Å². The third-order valence-corrected chi connectivity index (χ3v) is 6.01. The molecule has 1 fully saturated rings. The smallest absolute Gasteiger partial charge is 0.272 e. The highest BCUT2D eigenvalue weighted by Gasteiger charge is 2.30. The fraction of sp³-hybridized carbons (Fsp3) is 0.429. The van der Waals surface area contributed by atoms with Gasteiger partial charge in [-0.05, 0) is 25.0 Å². The van der Waals surface area contributed by atoms with E-state index in [9.17, 15) is 13.2 Å². The first-order valence-corrected chi connectivity index (χ1v) is 8.65. The summed E-state index contributed by atoms with van der Waals surface area (Å²) < 4.78 is 27.9. The second-order valence-electron chi connectivity index (χ2n) is 5.45. The normalized spacial score (nSPS) is 16.5. The summed E-state index contributed by atoms with van der Waals surface area (Å²) >= 11 is 0.